The summed E-state index contributed by atoms with van der Waals surface area (Å²) < 4.78 is 26.4. The van der Waals surface area contributed by atoms with Crippen molar-refractivity contribution < 1.29 is 12.6 Å². The smallest absolute Gasteiger partial charge is 0.257 e. The predicted molar refractivity (Wildman–Crippen MR) is 79.6 cm³/mol. The molecule has 0 bridgehead atoms. The Bertz CT molecular complexity index is 391. The zero-order valence-corrected chi connectivity index (χ0v) is 14.4. The van der Waals surface area contributed by atoms with Gasteiger partial charge in [0.25, 0.3) is 10.1 Å². The van der Waals surface area contributed by atoms with Gasteiger partial charge in [-0.1, -0.05) is 47.5 Å². The highest BCUT2D eigenvalue weighted by Crippen LogP contribution is 2.40. The highest BCUT2D eigenvalue weighted by atomic mass is 32.2. The van der Waals surface area contributed by atoms with Crippen LogP contribution in [0, 0.1) is 11.5 Å². The Morgan fingerprint density at radius 3 is 1.67 bits per heavy atom. The van der Waals surface area contributed by atoms with E-state index in [9.17, 15) is 8.42 Å². The Balaban J connectivity index is 5.09. The molecule has 0 atom stereocenters. The number of rotatable bonds is 5. The fraction of sp³-hybridized carbons (Fsp3) is 0.846. The first kappa shape index (κ1) is 17.7. The number of hydrogen-bond acceptors (Lipinski definition) is 3. The lowest BCUT2D eigenvalue weighted by molar-refractivity contribution is 0.368. The second kappa shape index (κ2) is 6.74. The molecule has 0 aromatic heterocycles. The fourth-order valence-electron chi connectivity index (χ4n) is 2.76. The predicted octanol–water partition coefficient (Wildman–Crippen LogP) is 3.18. The van der Waals surface area contributed by atoms with Crippen LogP contribution in [0.1, 0.15) is 41.5 Å². The molecule has 0 amide bonds. The van der Waals surface area contributed by atoms with Crippen molar-refractivity contribution in [1.29, 1.82) is 0 Å². The van der Waals surface area contributed by atoms with Gasteiger partial charge < -0.3 is 0 Å². The van der Waals surface area contributed by atoms with E-state index in [2.05, 4.69) is 57.2 Å². The van der Waals surface area contributed by atoms with Gasteiger partial charge in [0.1, 0.15) is 14.7 Å². The molecule has 0 unspecified atom stereocenters. The van der Waals surface area contributed by atoms with E-state index in [1.54, 1.807) is 0 Å². The Morgan fingerprint density at radius 2 is 1.39 bits per heavy atom. The zero-order valence-electron chi connectivity index (χ0n) is 12.6. The first-order valence-electron chi connectivity index (χ1n) is 6.38. The average molecular weight is 291 g/mol. The maximum Gasteiger partial charge on any atom is 0.265 e. The number of hydrogen-bond donors (Lipinski definition) is 0. The third-order valence-corrected chi connectivity index (χ3v) is 10.4. The molecular formula is C13H26O3SSi. The first-order valence-corrected chi connectivity index (χ1v) is 10.4. The summed E-state index contributed by atoms with van der Waals surface area (Å²) in [5, 5.41) is 0. The minimum atomic E-state index is -3.39. The van der Waals surface area contributed by atoms with E-state index in [0.29, 0.717) is 16.6 Å². The molecule has 0 aliphatic rings. The van der Waals surface area contributed by atoms with Crippen LogP contribution in [0.15, 0.2) is 0 Å². The van der Waals surface area contributed by atoms with E-state index in [0.717, 1.165) is 6.26 Å². The third-order valence-electron chi connectivity index (χ3n) is 3.52. The van der Waals surface area contributed by atoms with Gasteiger partial charge in [-0.05, 0) is 16.6 Å². The monoisotopic (exact) mass is 290 g/mol. The van der Waals surface area contributed by atoms with Crippen molar-refractivity contribution in [3.05, 3.63) is 0 Å². The molecule has 0 aromatic rings. The highest BCUT2D eigenvalue weighted by Gasteiger charge is 2.41. The largest absolute Gasteiger partial charge is 0.265 e. The Kier molecular flexibility index (Phi) is 6.62. The Morgan fingerprint density at radius 1 is 1.00 bits per heavy atom. The van der Waals surface area contributed by atoms with Gasteiger partial charge >= 0.3 is 0 Å². The maximum atomic E-state index is 10.9. The molecule has 0 fully saturated rings. The van der Waals surface area contributed by atoms with Crippen LogP contribution in [0.25, 0.3) is 0 Å². The van der Waals surface area contributed by atoms with Crippen LogP contribution < -0.4 is 0 Å². The van der Waals surface area contributed by atoms with Crippen LogP contribution >= 0.6 is 0 Å². The molecule has 3 nitrogen and oxygen atoms in total. The molecule has 0 spiro atoms. The fourth-order valence-corrected chi connectivity index (χ4v) is 8.28. The van der Waals surface area contributed by atoms with Crippen molar-refractivity contribution in [2.45, 2.75) is 58.2 Å². The van der Waals surface area contributed by atoms with Crippen LogP contribution in [0.2, 0.25) is 16.6 Å². The van der Waals surface area contributed by atoms with Gasteiger partial charge in [-0.3, -0.25) is 4.18 Å². The van der Waals surface area contributed by atoms with Crippen LogP contribution in [0.3, 0.4) is 0 Å². The third kappa shape index (κ3) is 4.75. The lowest BCUT2D eigenvalue weighted by Gasteiger charge is -2.38. The van der Waals surface area contributed by atoms with Crippen LogP contribution in [0.5, 0.6) is 0 Å². The molecule has 0 aromatic carbocycles. The van der Waals surface area contributed by atoms with Crippen LogP contribution in [-0.4, -0.2) is 29.4 Å². The van der Waals surface area contributed by atoms with E-state index in [4.69, 9.17) is 0 Å². The average Bonchev–Trinajstić information content (AvgIpc) is 2.13. The quantitative estimate of drug-likeness (QED) is 0.444. The zero-order chi connectivity index (χ0) is 14.6. The molecule has 0 radical (unpaired) electrons. The van der Waals surface area contributed by atoms with Gasteiger partial charge in [0.15, 0.2) is 0 Å². The normalized spacial score (nSPS) is 13.0. The van der Waals surface area contributed by atoms with Crippen LogP contribution in [-0.2, 0) is 14.3 Å². The molecule has 5 heteroatoms. The minimum absolute atomic E-state index is 0.0280. The molecule has 0 saturated heterocycles. The van der Waals surface area contributed by atoms with E-state index in [-0.39, 0.29) is 6.61 Å². The van der Waals surface area contributed by atoms with Crippen molar-refractivity contribution in [3.8, 4) is 11.5 Å². The summed E-state index contributed by atoms with van der Waals surface area (Å²) in [4.78, 5) is 0. The Hall–Kier alpha value is -0.313. The van der Waals surface area contributed by atoms with Gasteiger partial charge in [-0.2, -0.15) is 8.42 Å². The van der Waals surface area contributed by atoms with Gasteiger partial charge in [-0.15, -0.1) is 5.54 Å². The van der Waals surface area contributed by atoms with E-state index >= 15 is 0 Å². The molecule has 0 heterocycles. The topological polar surface area (TPSA) is 43.4 Å². The molecule has 0 saturated carbocycles. The van der Waals surface area contributed by atoms with Gasteiger partial charge in [0, 0.05) is 0 Å². The molecule has 0 rings (SSSR count). The van der Waals surface area contributed by atoms with Crippen molar-refractivity contribution in [2.24, 2.45) is 0 Å². The summed E-state index contributed by atoms with van der Waals surface area (Å²) in [6.07, 6.45) is 1.05. The minimum Gasteiger partial charge on any atom is -0.257 e. The molecule has 106 valence electrons. The van der Waals surface area contributed by atoms with Crippen molar-refractivity contribution in [2.75, 3.05) is 12.9 Å². The standard InChI is InChI=1S/C13H26O3SSi/c1-11(2)18(12(3)4,13(5)6)10-8-9-16-17(7,14)15/h11-13H,9H2,1-7H3. The van der Waals surface area contributed by atoms with Crippen molar-refractivity contribution >= 4 is 18.2 Å². The van der Waals surface area contributed by atoms with Gasteiger partial charge in [0.05, 0.1) is 6.26 Å². The lowest BCUT2D eigenvalue weighted by Crippen LogP contribution is -2.43. The first-order chi connectivity index (χ1) is 8.04. The lowest BCUT2D eigenvalue weighted by atomic mass is 10.5. The van der Waals surface area contributed by atoms with Crippen molar-refractivity contribution in [1.82, 2.24) is 0 Å². The molecule has 18 heavy (non-hydrogen) atoms. The van der Waals surface area contributed by atoms with Gasteiger partial charge in [-0.25, -0.2) is 0 Å². The molecular weight excluding hydrogens is 264 g/mol. The second-order valence-corrected chi connectivity index (χ2v) is 12.9. The molecule has 0 aliphatic carbocycles. The van der Waals surface area contributed by atoms with E-state index in [1.807, 2.05) is 0 Å². The van der Waals surface area contributed by atoms with E-state index in [1.165, 1.54) is 0 Å². The molecule has 0 aliphatic heterocycles. The second-order valence-electron chi connectivity index (χ2n) is 5.67. The van der Waals surface area contributed by atoms with E-state index < -0.39 is 18.2 Å². The molecule has 0 N–H and O–H groups in total. The summed E-state index contributed by atoms with van der Waals surface area (Å²) in [5.41, 5.74) is 5.04. The SMILES string of the molecule is CC(C)[Si](C#CCOS(C)(=O)=O)(C(C)C)C(C)C. The highest BCUT2D eigenvalue weighted by molar-refractivity contribution is 7.86. The summed E-state index contributed by atoms with van der Waals surface area (Å²) >= 11 is 0. The summed E-state index contributed by atoms with van der Waals surface area (Å²) in [7, 11) is -5.15. The van der Waals surface area contributed by atoms with Crippen LogP contribution in [0.4, 0.5) is 0 Å². The maximum absolute atomic E-state index is 10.9. The van der Waals surface area contributed by atoms with Crippen molar-refractivity contribution in [3.63, 3.8) is 0 Å². The summed E-state index contributed by atoms with van der Waals surface area (Å²) in [6.45, 7) is 13.3. The Labute approximate surface area is 113 Å². The van der Waals surface area contributed by atoms with Gasteiger partial charge in [0.2, 0.25) is 0 Å². The summed E-state index contributed by atoms with van der Waals surface area (Å²) in [6, 6.07) is 0. The summed E-state index contributed by atoms with van der Waals surface area (Å²) in [5.74, 6) is 2.94.